The van der Waals surface area contributed by atoms with Crippen molar-refractivity contribution in [1.82, 2.24) is 30.8 Å². The first-order chi connectivity index (χ1) is 7.33. The van der Waals surface area contributed by atoms with Crippen LogP contribution in [0, 0.1) is 11.3 Å². The lowest BCUT2D eigenvalue weighted by Crippen LogP contribution is -2.53. The van der Waals surface area contributed by atoms with Crippen LogP contribution in [0.25, 0.3) is 0 Å². The van der Waals surface area contributed by atoms with Crippen LogP contribution in [0.1, 0.15) is 10.6 Å². The Kier molecular flexibility index (Phi) is 2.55. The summed E-state index contributed by atoms with van der Waals surface area (Å²) >= 11 is 0. The molecule has 0 aromatic carbocycles. The van der Waals surface area contributed by atoms with Gasteiger partial charge in [-0.05, 0) is 5.21 Å². The molecule has 1 aromatic heterocycles. The molecule has 1 aromatic rings. The first kappa shape index (κ1) is 9.54. The Morgan fingerprint density at radius 2 is 2.53 bits per heavy atom. The molecule has 1 amide bonds. The molecule has 1 aliphatic rings. The fraction of sp³-hybridized carbons (Fsp3) is 0.571. The fourth-order valence-electron chi connectivity index (χ4n) is 1.44. The molecule has 1 atom stereocenters. The Hall–Kier alpha value is -2.01. The van der Waals surface area contributed by atoms with Gasteiger partial charge in [-0.3, -0.25) is 4.79 Å². The predicted molar refractivity (Wildman–Crippen MR) is 47.5 cm³/mol. The van der Waals surface area contributed by atoms with E-state index in [-0.39, 0.29) is 11.7 Å². The smallest absolute Gasteiger partial charge is 0.296 e. The second-order valence-corrected chi connectivity index (χ2v) is 3.08. The van der Waals surface area contributed by atoms with E-state index in [1.54, 1.807) is 0 Å². The number of amides is 1. The lowest BCUT2D eigenvalue weighted by molar-refractivity contribution is 0.0674. The van der Waals surface area contributed by atoms with Crippen molar-refractivity contribution in [2.24, 2.45) is 0 Å². The van der Waals surface area contributed by atoms with Gasteiger partial charge in [0.15, 0.2) is 0 Å². The Bertz CT molecular complexity index is 381. The third kappa shape index (κ3) is 1.77. The van der Waals surface area contributed by atoms with Crippen molar-refractivity contribution in [1.29, 1.82) is 5.26 Å². The number of tetrazole rings is 1. The van der Waals surface area contributed by atoms with Crippen molar-refractivity contribution in [3.8, 4) is 6.07 Å². The van der Waals surface area contributed by atoms with E-state index < -0.39 is 6.04 Å². The number of carbonyl (C=O) groups excluding carboxylic acids is 1. The lowest BCUT2D eigenvalue weighted by atomic mass is 10.2. The fourth-order valence-corrected chi connectivity index (χ4v) is 1.44. The molecule has 0 spiro atoms. The van der Waals surface area contributed by atoms with Crippen molar-refractivity contribution >= 4 is 5.91 Å². The molecule has 2 heterocycles. The Morgan fingerprint density at radius 1 is 1.67 bits per heavy atom. The van der Waals surface area contributed by atoms with Crippen LogP contribution in [-0.4, -0.2) is 57.1 Å². The number of aromatic amines is 1. The van der Waals surface area contributed by atoms with Gasteiger partial charge in [-0.15, -0.1) is 10.2 Å². The molecule has 1 saturated heterocycles. The van der Waals surface area contributed by atoms with Crippen LogP contribution in [0.4, 0.5) is 0 Å². The summed E-state index contributed by atoms with van der Waals surface area (Å²) in [6.45, 7) is 1.62. The van der Waals surface area contributed by atoms with Crippen molar-refractivity contribution < 1.29 is 4.79 Å². The highest BCUT2D eigenvalue weighted by molar-refractivity contribution is 5.90. The second-order valence-electron chi connectivity index (χ2n) is 3.08. The van der Waals surface area contributed by atoms with E-state index in [4.69, 9.17) is 5.26 Å². The van der Waals surface area contributed by atoms with E-state index >= 15 is 0 Å². The molecule has 0 radical (unpaired) electrons. The Balaban J connectivity index is 2.15. The van der Waals surface area contributed by atoms with Gasteiger partial charge in [0.2, 0.25) is 0 Å². The first-order valence-electron chi connectivity index (χ1n) is 4.47. The minimum atomic E-state index is -0.468. The summed E-state index contributed by atoms with van der Waals surface area (Å²) in [5, 5.41) is 24.6. The number of nitrogens with zero attached hydrogens (tertiary/aromatic N) is 5. The molecule has 0 bridgehead atoms. The highest BCUT2D eigenvalue weighted by Gasteiger charge is 2.29. The number of carbonyl (C=O) groups is 1. The topological polar surface area (TPSA) is 111 Å². The largest absolute Gasteiger partial charge is 0.317 e. The van der Waals surface area contributed by atoms with Crippen LogP contribution in [0.15, 0.2) is 0 Å². The molecule has 0 saturated carbocycles. The van der Waals surface area contributed by atoms with Gasteiger partial charge in [0.25, 0.3) is 11.7 Å². The summed E-state index contributed by atoms with van der Waals surface area (Å²) in [6.07, 6.45) is 0. The van der Waals surface area contributed by atoms with E-state index in [1.165, 1.54) is 4.90 Å². The molecule has 8 heteroatoms. The standard InChI is InChI=1S/C7H9N7O/c8-3-5-4-9-1-2-14(5)7(15)6-10-12-13-11-6/h5,9H,1-2,4H2,(H,10,11,12,13). The average Bonchev–Trinajstić information content (AvgIpc) is 2.81. The van der Waals surface area contributed by atoms with Gasteiger partial charge < -0.3 is 10.2 Å². The normalized spacial score (nSPS) is 21.0. The molecule has 2 rings (SSSR count). The van der Waals surface area contributed by atoms with Crippen LogP contribution >= 0.6 is 0 Å². The predicted octanol–water partition coefficient (Wildman–Crippen LogP) is -1.86. The number of nitrogens with one attached hydrogen (secondary N) is 2. The molecular weight excluding hydrogens is 198 g/mol. The van der Waals surface area contributed by atoms with Gasteiger partial charge in [-0.1, -0.05) is 0 Å². The number of piperazine rings is 1. The Morgan fingerprint density at radius 3 is 3.20 bits per heavy atom. The quantitative estimate of drug-likeness (QED) is 0.558. The second kappa shape index (κ2) is 4.02. The molecule has 1 aliphatic heterocycles. The van der Waals surface area contributed by atoms with Crippen LogP contribution in [0.5, 0.6) is 0 Å². The number of aromatic nitrogens is 4. The maximum atomic E-state index is 11.8. The Labute approximate surface area is 85.3 Å². The monoisotopic (exact) mass is 207 g/mol. The number of nitriles is 1. The van der Waals surface area contributed by atoms with Crippen LogP contribution in [0.2, 0.25) is 0 Å². The minimum absolute atomic E-state index is 0.00264. The van der Waals surface area contributed by atoms with E-state index in [0.29, 0.717) is 19.6 Å². The zero-order valence-electron chi connectivity index (χ0n) is 7.84. The number of hydrogen-bond donors (Lipinski definition) is 2. The molecule has 1 fully saturated rings. The number of hydrogen-bond acceptors (Lipinski definition) is 6. The van der Waals surface area contributed by atoms with Gasteiger partial charge in [0.05, 0.1) is 6.07 Å². The van der Waals surface area contributed by atoms with Gasteiger partial charge in [0.1, 0.15) is 6.04 Å². The maximum Gasteiger partial charge on any atom is 0.296 e. The summed E-state index contributed by atoms with van der Waals surface area (Å²) < 4.78 is 0. The minimum Gasteiger partial charge on any atom is -0.317 e. The van der Waals surface area contributed by atoms with Crippen molar-refractivity contribution in [2.75, 3.05) is 19.6 Å². The van der Waals surface area contributed by atoms with Gasteiger partial charge in [-0.25, -0.2) is 0 Å². The van der Waals surface area contributed by atoms with E-state index in [2.05, 4.69) is 32.0 Å². The molecule has 1 unspecified atom stereocenters. The number of H-pyrrole nitrogens is 1. The summed E-state index contributed by atoms with van der Waals surface area (Å²) in [5.74, 6) is -0.367. The van der Waals surface area contributed by atoms with E-state index in [0.717, 1.165) is 0 Å². The lowest BCUT2D eigenvalue weighted by Gasteiger charge is -2.30. The molecule has 2 N–H and O–H groups in total. The first-order valence-corrected chi connectivity index (χ1v) is 4.47. The van der Waals surface area contributed by atoms with E-state index in [1.807, 2.05) is 0 Å². The average molecular weight is 207 g/mol. The summed E-state index contributed by atoms with van der Waals surface area (Å²) in [4.78, 5) is 13.2. The highest BCUT2D eigenvalue weighted by atomic mass is 16.2. The number of rotatable bonds is 1. The highest BCUT2D eigenvalue weighted by Crippen LogP contribution is 2.05. The molecule has 8 nitrogen and oxygen atoms in total. The molecule has 78 valence electrons. The zero-order valence-corrected chi connectivity index (χ0v) is 7.84. The molecule has 15 heavy (non-hydrogen) atoms. The SMILES string of the molecule is N#CC1CNCCN1C(=O)c1nn[nH]n1. The summed E-state index contributed by atoms with van der Waals surface area (Å²) in [6, 6.07) is 1.59. The van der Waals surface area contributed by atoms with Crippen molar-refractivity contribution in [3.63, 3.8) is 0 Å². The zero-order chi connectivity index (χ0) is 10.7. The van der Waals surface area contributed by atoms with Crippen molar-refractivity contribution in [2.45, 2.75) is 6.04 Å². The molecular formula is C7H9N7O. The van der Waals surface area contributed by atoms with Crippen LogP contribution in [0.3, 0.4) is 0 Å². The van der Waals surface area contributed by atoms with E-state index in [9.17, 15) is 4.79 Å². The van der Waals surface area contributed by atoms with Gasteiger partial charge in [0, 0.05) is 19.6 Å². The van der Waals surface area contributed by atoms with Crippen LogP contribution < -0.4 is 5.32 Å². The summed E-state index contributed by atoms with van der Waals surface area (Å²) in [7, 11) is 0. The van der Waals surface area contributed by atoms with Crippen molar-refractivity contribution in [3.05, 3.63) is 5.82 Å². The van der Waals surface area contributed by atoms with Crippen LogP contribution in [-0.2, 0) is 0 Å². The third-order valence-electron chi connectivity index (χ3n) is 2.19. The maximum absolute atomic E-state index is 11.8. The van der Waals surface area contributed by atoms with Gasteiger partial charge >= 0.3 is 0 Å². The summed E-state index contributed by atoms with van der Waals surface area (Å²) in [5.41, 5.74) is 0. The third-order valence-corrected chi connectivity index (χ3v) is 2.19. The van der Waals surface area contributed by atoms with Gasteiger partial charge in [-0.2, -0.15) is 10.5 Å². The molecule has 0 aliphatic carbocycles.